The van der Waals surface area contributed by atoms with E-state index in [2.05, 4.69) is 25.5 Å². The summed E-state index contributed by atoms with van der Waals surface area (Å²) in [6, 6.07) is 1.04. The Kier molecular flexibility index (Phi) is 3.41. The lowest BCUT2D eigenvalue weighted by atomic mass is 10.4. The van der Waals surface area contributed by atoms with Crippen molar-refractivity contribution in [2.24, 2.45) is 5.84 Å². The van der Waals surface area contributed by atoms with Gasteiger partial charge in [-0.25, -0.2) is 20.5 Å². The van der Waals surface area contributed by atoms with Gasteiger partial charge >= 0.3 is 6.18 Å². The fourth-order valence-electron chi connectivity index (χ4n) is 1.58. The van der Waals surface area contributed by atoms with Gasteiger partial charge in [0.2, 0.25) is 11.1 Å². The highest BCUT2D eigenvalue weighted by Gasteiger charge is 2.34. The van der Waals surface area contributed by atoms with Crippen molar-refractivity contribution in [3.8, 4) is 0 Å². The summed E-state index contributed by atoms with van der Waals surface area (Å²) < 4.78 is 39.9. The van der Waals surface area contributed by atoms with Crippen molar-refractivity contribution < 1.29 is 13.2 Å². The number of hydrogen-bond acceptors (Lipinski definition) is 8. The van der Waals surface area contributed by atoms with E-state index in [-0.39, 0.29) is 17.0 Å². The molecule has 0 saturated heterocycles. The lowest BCUT2D eigenvalue weighted by Gasteiger charge is -2.09. The first kappa shape index (κ1) is 14.0. The zero-order valence-corrected chi connectivity index (χ0v) is 11.2. The molecule has 3 rings (SSSR count). The molecule has 2 heterocycles. The van der Waals surface area contributed by atoms with Crippen LogP contribution in [0.4, 0.5) is 19.1 Å². The number of anilines is 1. The minimum Gasteiger partial charge on any atom is -0.292 e. The number of nitrogens with one attached hydrogen (secondary N) is 1. The molecule has 1 aliphatic carbocycles. The van der Waals surface area contributed by atoms with Crippen LogP contribution in [0, 0.1) is 0 Å². The smallest absolute Gasteiger partial charge is 0.292 e. The van der Waals surface area contributed by atoms with Crippen LogP contribution in [0.25, 0.3) is 0 Å². The zero-order chi connectivity index (χ0) is 15.0. The molecule has 21 heavy (non-hydrogen) atoms. The van der Waals surface area contributed by atoms with Gasteiger partial charge in [0, 0.05) is 6.07 Å². The third kappa shape index (κ3) is 3.05. The molecule has 8 nitrogen and oxygen atoms in total. The number of nitrogens with zero attached hydrogens (tertiary/aromatic N) is 6. The van der Waals surface area contributed by atoms with E-state index >= 15 is 0 Å². The van der Waals surface area contributed by atoms with Crippen molar-refractivity contribution in [3.05, 3.63) is 11.8 Å². The average molecular weight is 318 g/mol. The number of nitrogen functional groups attached to an aromatic ring is 1. The van der Waals surface area contributed by atoms with Crippen LogP contribution in [0.2, 0.25) is 0 Å². The average Bonchev–Trinajstić information content (AvgIpc) is 3.18. The number of hydrazine groups is 1. The summed E-state index contributed by atoms with van der Waals surface area (Å²) in [6.07, 6.45) is -2.69. The SMILES string of the molecule is NNc1nc(Sc2nnnn2C2CC2)cc(C(F)(F)F)n1. The molecule has 0 aromatic carbocycles. The van der Waals surface area contributed by atoms with Crippen LogP contribution >= 0.6 is 11.8 Å². The summed E-state index contributed by atoms with van der Waals surface area (Å²) in [7, 11) is 0. The molecule has 0 bridgehead atoms. The summed E-state index contributed by atoms with van der Waals surface area (Å²) >= 11 is 0.929. The maximum absolute atomic E-state index is 12.8. The van der Waals surface area contributed by atoms with E-state index in [1.807, 2.05) is 5.43 Å². The van der Waals surface area contributed by atoms with Gasteiger partial charge in [-0.3, -0.25) is 5.43 Å². The van der Waals surface area contributed by atoms with E-state index in [9.17, 15) is 13.2 Å². The van der Waals surface area contributed by atoms with E-state index in [0.29, 0.717) is 5.16 Å². The molecule has 2 aromatic rings. The largest absolute Gasteiger partial charge is 0.433 e. The van der Waals surface area contributed by atoms with E-state index in [1.165, 1.54) is 0 Å². The third-order valence-electron chi connectivity index (χ3n) is 2.67. The van der Waals surface area contributed by atoms with E-state index in [1.54, 1.807) is 4.68 Å². The normalized spacial score (nSPS) is 15.2. The van der Waals surface area contributed by atoms with Crippen LogP contribution in [-0.4, -0.2) is 30.2 Å². The maximum Gasteiger partial charge on any atom is 0.433 e. The molecule has 2 aromatic heterocycles. The molecule has 1 saturated carbocycles. The maximum atomic E-state index is 12.8. The van der Waals surface area contributed by atoms with Gasteiger partial charge < -0.3 is 0 Å². The molecule has 3 N–H and O–H groups in total. The summed E-state index contributed by atoms with van der Waals surface area (Å²) in [5, 5.41) is 11.6. The van der Waals surface area contributed by atoms with Gasteiger partial charge in [-0.05, 0) is 35.0 Å². The van der Waals surface area contributed by atoms with Crippen molar-refractivity contribution >= 4 is 17.7 Å². The van der Waals surface area contributed by atoms with E-state index < -0.39 is 11.9 Å². The topological polar surface area (TPSA) is 107 Å². The van der Waals surface area contributed by atoms with Crippen molar-refractivity contribution in [1.82, 2.24) is 30.2 Å². The molecule has 112 valence electrons. The second-order valence-electron chi connectivity index (χ2n) is 4.30. The Hall–Kier alpha value is -1.95. The Balaban J connectivity index is 1.92. The van der Waals surface area contributed by atoms with Crippen LogP contribution in [0.3, 0.4) is 0 Å². The molecule has 1 aliphatic rings. The number of tetrazole rings is 1. The molecule has 0 spiro atoms. The quantitative estimate of drug-likeness (QED) is 0.493. The fraction of sp³-hybridized carbons (Fsp3) is 0.444. The number of halogens is 3. The highest BCUT2D eigenvalue weighted by molar-refractivity contribution is 7.99. The first-order chi connectivity index (χ1) is 9.97. The number of rotatable bonds is 4. The van der Waals surface area contributed by atoms with Gasteiger partial charge in [0.25, 0.3) is 0 Å². The molecular formula is C9H9F3N8S. The van der Waals surface area contributed by atoms with E-state index in [0.717, 1.165) is 30.7 Å². The predicted molar refractivity (Wildman–Crippen MR) is 65.1 cm³/mol. The standard InChI is InChI=1S/C9H9F3N8S/c10-9(11,12)5-3-6(15-7(14-5)16-13)21-8-17-18-19-20(8)4-1-2-4/h3-4H,1-2,13H2,(H,14,15,16). The Morgan fingerprint density at radius 1 is 1.33 bits per heavy atom. The Labute approximate surface area is 120 Å². The number of nitrogens with two attached hydrogens (primary N) is 1. The molecule has 1 fully saturated rings. The van der Waals surface area contributed by atoms with Crippen LogP contribution in [-0.2, 0) is 6.18 Å². The second-order valence-corrected chi connectivity index (χ2v) is 5.28. The predicted octanol–water partition coefficient (Wildman–Crippen LogP) is 1.25. The third-order valence-corrected chi connectivity index (χ3v) is 3.54. The Morgan fingerprint density at radius 3 is 2.71 bits per heavy atom. The zero-order valence-electron chi connectivity index (χ0n) is 10.4. The lowest BCUT2D eigenvalue weighted by molar-refractivity contribution is -0.141. The summed E-state index contributed by atoms with van der Waals surface area (Å²) in [5.41, 5.74) is 0.930. The van der Waals surface area contributed by atoms with Gasteiger partial charge in [0.1, 0.15) is 5.03 Å². The van der Waals surface area contributed by atoms with Crippen molar-refractivity contribution in [2.45, 2.75) is 35.2 Å². The minimum atomic E-state index is -4.59. The molecule has 0 atom stereocenters. The van der Waals surface area contributed by atoms with Crippen molar-refractivity contribution in [1.29, 1.82) is 0 Å². The molecule has 12 heteroatoms. The van der Waals surface area contributed by atoms with Gasteiger partial charge in [-0.2, -0.15) is 13.2 Å². The summed E-state index contributed by atoms with van der Waals surface area (Å²) in [6.45, 7) is 0. The highest BCUT2D eigenvalue weighted by atomic mass is 32.2. The van der Waals surface area contributed by atoms with E-state index in [4.69, 9.17) is 5.84 Å². The highest BCUT2D eigenvalue weighted by Crippen LogP contribution is 2.38. The Bertz CT molecular complexity index is 653. The molecule has 0 radical (unpaired) electrons. The van der Waals surface area contributed by atoms with Crippen LogP contribution < -0.4 is 11.3 Å². The van der Waals surface area contributed by atoms with Gasteiger partial charge in [-0.15, -0.1) is 5.10 Å². The first-order valence-electron chi connectivity index (χ1n) is 5.86. The first-order valence-corrected chi connectivity index (χ1v) is 6.67. The fourth-order valence-corrected chi connectivity index (χ4v) is 2.43. The Morgan fingerprint density at radius 2 is 2.10 bits per heavy atom. The van der Waals surface area contributed by atoms with Crippen LogP contribution in [0.1, 0.15) is 24.6 Å². The van der Waals surface area contributed by atoms with Crippen molar-refractivity contribution in [2.75, 3.05) is 5.43 Å². The van der Waals surface area contributed by atoms with Gasteiger partial charge in [0.05, 0.1) is 6.04 Å². The second kappa shape index (κ2) is 5.11. The number of aromatic nitrogens is 6. The molecular weight excluding hydrogens is 309 g/mol. The molecule has 0 amide bonds. The van der Waals surface area contributed by atoms with Crippen molar-refractivity contribution in [3.63, 3.8) is 0 Å². The molecule has 0 aliphatic heterocycles. The van der Waals surface area contributed by atoms with Crippen LogP contribution in [0.15, 0.2) is 16.2 Å². The van der Waals surface area contributed by atoms with Crippen LogP contribution in [0.5, 0.6) is 0 Å². The summed E-state index contributed by atoms with van der Waals surface area (Å²) in [4.78, 5) is 7.15. The van der Waals surface area contributed by atoms with Gasteiger partial charge in [-0.1, -0.05) is 0 Å². The van der Waals surface area contributed by atoms with Gasteiger partial charge in [0.15, 0.2) is 5.69 Å². The summed E-state index contributed by atoms with van der Waals surface area (Å²) in [5.74, 6) is 4.77. The lowest BCUT2D eigenvalue weighted by Crippen LogP contribution is -2.15. The minimum absolute atomic E-state index is 0.0574. The number of hydrogen-bond donors (Lipinski definition) is 2. The monoisotopic (exact) mass is 318 g/mol. The molecule has 0 unspecified atom stereocenters. The number of alkyl halides is 3.